The lowest BCUT2D eigenvalue weighted by Crippen LogP contribution is -2.50. The fourth-order valence-corrected chi connectivity index (χ4v) is 1.80. The summed E-state index contributed by atoms with van der Waals surface area (Å²) >= 11 is 0. The van der Waals surface area contributed by atoms with Gasteiger partial charge in [-0.05, 0) is 40.8 Å². The van der Waals surface area contributed by atoms with Crippen LogP contribution in [0.25, 0.3) is 0 Å². The molecule has 1 unspecified atom stereocenters. The molecule has 1 aliphatic heterocycles. The van der Waals surface area contributed by atoms with Crippen LogP contribution in [0.1, 0.15) is 27.2 Å². The van der Waals surface area contributed by atoms with E-state index in [0.29, 0.717) is 6.04 Å². The van der Waals surface area contributed by atoms with Gasteiger partial charge in [-0.3, -0.25) is 0 Å². The molecule has 0 aromatic carbocycles. The van der Waals surface area contributed by atoms with E-state index in [1.54, 1.807) is 0 Å². The number of hydrogen-bond acceptors (Lipinski definition) is 3. The van der Waals surface area contributed by atoms with Crippen molar-refractivity contribution in [1.82, 2.24) is 15.5 Å². The Morgan fingerprint density at radius 1 is 1.43 bits per heavy atom. The highest BCUT2D eigenvalue weighted by atomic mass is 15.2. The van der Waals surface area contributed by atoms with Crippen LogP contribution in [0.4, 0.5) is 0 Å². The average molecular weight is 199 g/mol. The third kappa shape index (κ3) is 4.40. The zero-order valence-electron chi connectivity index (χ0n) is 10.1. The molecule has 1 aliphatic rings. The van der Waals surface area contributed by atoms with Crippen molar-refractivity contribution in [1.29, 1.82) is 0 Å². The number of piperazine rings is 1. The molecule has 1 heterocycles. The first kappa shape index (κ1) is 12.0. The first-order chi connectivity index (χ1) is 6.49. The quantitative estimate of drug-likeness (QED) is 0.699. The topological polar surface area (TPSA) is 27.3 Å². The van der Waals surface area contributed by atoms with Gasteiger partial charge in [-0.15, -0.1) is 0 Å². The van der Waals surface area contributed by atoms with E-state index in [2.05, 4.69) is 43.4 Å². The van der Waals surface area contributed by atoms with Crippen LogP contribution in [0.15, 0.2) is 0 Å². The average Bonchev–Trinajstić information content (AvgIpc) is 2.06. The van der Waals surface area contributed by atoms with Gasteiger partial charge in [0.25, 0.3) is 0 Å². The Morgan fingerprint density at radius 3 is 2.71 bits per heavy atom. The summed E-state index contributed by atoms with van der Waals surface area (Å²) in [6, 6.07) is 0.707. The summed E-state index contributed by atoms with van der Waals surface area (Å²) in [4.78, 5) is 2.46. The van der Waals surface area contributed by atoms with E-state index < -0.39 is 0 Å². The Hall–Kier alpha value is -0.120. The molecule has 3 nitrogen and oxygen atoms in total. The molecule has 0 aromatic heterocycles. The predicted octanol–water partition coefficient (Wildman–Crippen LogP) is 0.668. The standard InChI is InChI=1S/C11H25N3/c1-11(2,3)13-6-5-10-9-12-7-8-14(10)4/h10,12-13H,5-9H2,1-4H3. The van der Waals surface area contributed by atoms with E-state index in [1.165, 1.54) is 13.0 Å². The molecule has 1 atom stereocenters. The molecule has 2 N–H and O–H groups in total. The second-order valence-electron chi connectivity index (χ2n) is 5.30. The van der Waals surface area contributed by atoms with Gasteiger partial charge < -0.3 is 15.5 Å². The van der Waals surface area contributed by atoms with E-state index >= 15 is 0 Å². The van der Waals surface area contributed by atoms with E-state index in [0.717, 1.165) is 19.6 Å². The Balaban J connectivity index is 2.17. The molecule has 0 aromatic rings. The highest BCUT2D eigenvalue weighted by molar-refractivity contribution is 4.79. The smallest absolute Gasteiger partial charge is 0.0230 e. The molecule has 0 saturated carbocycles. The number of likely N-dealkylation sites (N-methyl/N-ethyl adjacent to an activating group) is 1. The van der Waals surface area contributed by atoms with Crippen LogP contribution in [0.2, 0.25) is 0 Å². The summed E-state index contributed by atoms with van der Waals surface area (Å²) < 4.78 is 0. The van der Waals surface area contributed by atoms with Crippen molar-refractivity contribution < 1.29 is 0 Å². The van der Waals surface area contributed by atoms with Crippen LogP contribution in [-0.2, 0) is 0 Å². The fraction of sp³-hybridized carbons (Fsp3) is 1.00. The first-order valence-electron chi connectivity index (χ1n) is 5.65. The van der Waals surface area contributed by atoms with Crippen molar-refractivity contribution in [2.45, 2.75) is 38.8 Å². The Labute approximate surface area is 88.2 Å². The summed E-state index contributed by atoms with van der Waals surface area (Å²) in [5, 5.41) is 6.98. The number of nitrogens with one attached hydrogen (secondary N) is 2. The van der Waals surface area contributed by atoms with Crippen molar-refractivity contribution in [3.63, 3.8) is 0 Å². The van der Waals surface area contributed by atoms with Crippen LogP contribution in [0.3, 0.4) is 0 Å². The Kier molecular flexibility index (Phi) is 4.35. The largest absolute Gasteiger partial charge is 0.314 e. The molecule has 3 heteroatoms. The lowest BCUT2D eigenvalue weighted by molar-refractivity contribution is 0.186. The van der Waals surface area contributed by atoms with E-state index in [-0.39, 0.29) is 5.54 Å². The summed E-state index contributed by atoms with van der Waals surface area (Å²) in [7, 11) is 2.22. The SMILES string of the molecule is CN1CCNCC1CCNC(C)(C)C. The third-order valence-corrected chi connectivity index (χ3v) is 2.78. The Morgan fingerprint density at radius 2 is 2.14 bits per heavy atom. The maximum Gasteiger partial charge on any atom is 0.0230 e. The summed E-state index contributed by atoms with van der Waals surface area (Å²) in [5.74, 6) is 0. The van der Waals surface area contributed by atoms with Gasteiger partial charge in [0.1, 0.15) is 0 Å². The normalized spacial score (nSPS) is 25.3. The first-order valence-corrected chi connectivity index (χ1v) is 5.65. The van der Waals surface area contributed by atoms with Gasteiger partial charge >= 0.3 is 0 Å². The Bertz CT molecular complexity index is 162. The van der Waals surface area contributed by atoms with Crippen LogP contribution < -0.4 is 10.6 Å². The fourth-order valence-electron chi connectivity index (χ4n) is 1.80. The monoisotopic (exact) mass is 199 g/mol. The van der Waals surface area contributed by atoms with Gasteiger partial charge in [-0.1, -0.05) is 0 Å². The van der Waals surface area contributed by atoms with Crippen molar-refractivity contribution in [3.05, 3.63) is 0 Å². The lowest BCUT2D eigenvalue weighted by Gasteiger charge is -2.34. The zero-order chi connectivity index (χ0) is 10.6. The van der Waals surface area contributed by atoms with Crippen molar-refractivity contribution in [2.24, 2.45) is 0 Å². The molecule has 1 saturated heterocycles. The minimum atomic E-state index is 0.251. The third-order valence-electron chi connectivity index (χ3n) is 2.78. The van der Waals surface area contributed by atoms with Gasteiger partial charge in [-0.25, -0.2) is 0 Å². The van der Waals surface area contributed by atoms with Gasteiger partial charge in [0.15, 0.2) is 0 Å². The number of nitrogens with zero attached hydrogens (tertiary/aromatic N) is 1. The second kappa shape index (κ2) is 5.10. The van der Waals surface area contributed by atoms with E-state index in [1.807, 2.05) is 0 Å². The van der Waals surface area contributed by atoms with E-state index in [9.17, 15) is 0 Å². The van der Waals surface area contributed by atoms with Crippen molar-refractivity contribution in [2.75, 3.05) is 33.2 Å². The van der Waals surface area contributed by atoms with Crippen LogP contribution >= 0.6 is 0 Å². The van der Waals surface area contributed by atoms with Gasteiger partial charge in [0.05, 0.1) is 0 Å². The predicted molar refractivity (Wildman–Crippen MR) is 61.7 cm³/mol. The maximum atomic E-state index is 3.54. The molecule has 0 spiro atoms. The molecule has 84 valence electrons. The van der Waals surface area contributed by atoms with Gasteiger partial charge in [0, 0.05) is 31.2 Å². The van der Waals surface area contributed by atoms with Crippen LogP contribution in [0.5, 0.6) is 0 Å². The lowest BCUT2D eigenvalue weighted by atomic mass is 10.1. The van der Waals surface area contributed by atoms with Crippen molar-refractivity contribution >= 4 is 0 Å². The molecule has 1 rings (SSSR count). The minimum Gasteiger partial charge on any atom is -0.314 e. The van der Waals surface area contributed by atoms with Crippen LogP contribution in [0, 0.1) is 0 Å². The minimum absolute atomic E-state index is 0.251. The van der Waals surface area contributed by atoms with Gasteiger partial charge in [-0.2, -0.15) is 0 Å². The molecule has 0 aliphatic carbocycles. The van der Waals surface area contributed by atoms with Crippen molar-refractivity contribution in [3.8, 4) is 0 Å². The molecule has 0 bridgehead atoms. The summed E-state index contributed by atoms with van der Waals surface area (Å²) in [5.41, 5.74) is 0.251. The molecule has 0 amide bonds. The number of rotatable bonds is 3. The summed E-state index contributed by atoms with van der Waals surface area (Å²) in [6.07, 6.45) is 1.24. The van der Waals surface area contributed by atoms with Gasteiger partial charge in [0.2, 0.25) is 0 Å². The van der Waals surface area contributed by atoms with Crippen LogP contribution in [-0.4, -0.2) is 49.7 Å². The highest BCUT2D eigenvalue weighted by Crippen LogP contribution is 2.05. The molecular weight excluding hydrogens is 174 g/mol. The molecular formula is C11H25N3. The summed E-state index contributed by atoms with van der Waals surface area (Å²) in [6.45, 7) is 11.2. The second-order valence-corrected chi connectivity index (χ2v) is 5.30. The molecule has 1 fully saturated rings. The number of hydrogen-bond donors (Lipinski definition) is 2. The molecule has 14 heavy (non-hydrogen) atoms. The highest BCUT2D eigenvalue weighted by Gasteiger charge is 2.18. The van der Waals surface area contributed by atoms with E-state index in [4.69, 9.17) is 0 Å². The zero-order valence-corrected chi connectivity index (χ0v) is 10.1. The molecule has 0 radical (unpaired) electrons. The maximum absolute atomic E-state index is 3.54.